The van der Waals surface area contributed by atoms with Gasteiger partial charge in [-0.2, -0.15) is 0 Å². The molecular weight excluding hydrogens is 352 g/mol. The Kier molecular flexibility index (Phi) is 4.57. The average Bonchev–Trinajstić information content (AvgIpc) is 3.12. The standard InChI is InChI=1S/C23H20N2O3/c1-14-4-11-21-20(12-14)25-23(28-21)17-7-10-19(15(2)13-17)24-22(26)16-5-8-18(27-3)9-6-16/h4-13H,1-3H3,(H,24,26). The zero-order chi connectivity index (χ0) is 19.7. The maximum Gasteiger partial charge on any atom is 0.255 e. The van der Waals surface area contributed by atoms with E-state index in [1.165, 1.54) is 0 Å². The lowest BCUT2D eigenvalue weighted by Crippen LogP contribution is -2.12. The van der Waals surface area contributed by atoms with Gasteiger partial charge in [0.05, 0.1) is 7.11 Å². The molecule has 5 heteroatoms. The number of rotatable bonds is 4. The Morgan fingerprint density at radius 3 is 2.50 bits per heavy atom. The van der Waals surface area contributed by atoms with Gasteiger partial charge in [0.25, 0.3) is 5.91 Å². The van der Waals surface area contributed by atoms with Crippen LogP contribution in [0.1, 0.15) is 21.5 Å². The number of benzene rings is 3. The molecule has 0 aliphatic carbocycles. The van der Waals surface area contributed by atoms with Gasteiger partial charge in [-0.25, -0.2) is 4.98 Å². The summed E-state index contributed by atoms with van der Waals surface area (Å²) in [4.78, 5) is 17.1. The number of oxazole rings is 1. The third-order valence-electron chi connectivity index (χ3n) is 4.62. The smallest absolute Gasteiger partial charge is 0.255 e. The first-order valence-corrected chi connectivity index (χ1v) is 8.97. The molecule has 1 aromatic heterocycles. The number of hydrogen-bond donors (Lipinski definition) is 1. The zero-order valence-corrected chi connectivity index (χ0v) is 15.9. The molecule has 0 saturated heterocycles. The molecule has 0 bridgehead atoms. The van der Waals surface area contributed by atoms with Crippen LogP contribution in [0.3, 0.4) is 0 Å². The summed E-state index contributed by atoms with van der Waals surface area (Å²) < 4.78 is 11.0. The van der Waals surface area contributed by atoms with E-state index in [4.69, 9.17) is 9.15 Å². The maximum atomic E-state index is 12.5. The van der Waals surface area contributed by atoms with Crippen molar-refractivity contribution in [1.29, 1.82) is 0 Å². The SMILES string of the molecule is COc1ccc(C(=O)Nc2ccc(-c3nc4cc(C)ccc4o3)cc2C)cc1. The van der Waals surface area contributed by atoms with Crippen molar-refractivity contribution in [3.05, 3.63) is 77.4 Å². The number of aryl methyl sites for hydroxylation is 2. The quantitative estimate of drug-likeness (QED) is 0.523. The van der Waals surface area contributed by atoms with Gasteiger partial charge in [0.2, 0.25) is 5.89 Å². The number of carbonyl (C=O) groups is 1. The second-order valence-corrected chi connectivity index (χ2v) is 6.70. The van der Waals surface area contributed by atoms with Gasteiger partial charge in [-0.05, 0) is 79.6 Å². The monoisotopic (exact) mass is 372 g/mol. The normalized spacial score (nSPS) is 10.8. The summed E-state index contributed by atoms with van der Waals surface area (Å²) in [5.74, 6) is 1.11. The van der Waals surface area contributed by atoms with E-state index in [1.54, 1.807) is 31.4 Å². The molecule has 0 unspecified atom stereocenters. The number of carbonyl (C=O) groups excluding carboxylic acids is 1. The summed E-state index contributed by atoms with van der Waals surface area (Å²) in [7, 11) is 1.60. The number of nitrogens with one attached hydrogen (secondary N) is 1. The van der Waals surface area contributed by atoms with Gasteiger partial charge in [0, 0.05) is 16.8 Å². The molecule has 28 heavy (non-hydrogen) atoms. The van der Waals surface area contributed by atoms with E-state index in [1.807, 2.05) is 50.2 Å². The van der Waals surface area contributed by atoms with Crippen molar-refractivity contribution in [1.82, 2.24) is 4.98 Å². The lowest BCUT2D eigenvalue weighted by atomic mass is 10.1. The highest BCUT2D eigenvalue weighted by molar-refractivity contribution is 6.04. The number of fused-ring (bicyclic) bond motifs is 1. The van der Waals surface area contributed by atoms with Gasteiger partial charge in [-0.15, -0.1) is 0 Å². The predicted octanol–water partition coefficient (Wildman–Crippen LogP) is 5.37. The van der Waals surface area contributed by atoms with Crippen molar-refractivity contribution in [2.24, 2.45) is 0 Å². The van der Waals surface area contributed by atoms with Crippen LogP contribution in [0.25, 0.3) is 22.6 Å². The summed E-state index contributed by atoms with van der Waals surface area (Å²) >= 11 is 0. The van der Waals surface area contributed by atoms with Crippen molar-refractivity contribution in [2.45, 2.75) is 13.8 Å². The van der Waals surface area contributed by atoms with Gasteiger partial charge >= 0.3 is 0 Å². The van der Waals surface area contributed by atoms with Gasteiger partial charge < -0.3 is 14.5 Å². The fourth-order valence-electron chi connectivity index (χ4n) is 3.03. The van der Waals surface area contributed by atoms with E-state index in [9.17, 15) is 4.79 Å². The summed E-state index contributed by atoms with van der Waals surface area (Å²) in [5.41, 5.74) is 5.85. The lowest BCUT2D eigenvalue weighted by molar-refractivity contribution is 0.102. The average molecular weight is 372 g/mol. The maximum absolute atomic E-state index is 12.5. The molecule has 0 atom stereocenters. The topological polar surface area (TPSA) is 64.4 Å². The van der Waals surface area contributed by atoms with Crippen LogP contribution in [0, 0.1) is 13.8 Å². The van der Waals surface area contributed by atoms with Crippen LogP contribution in [0.4, 0.5) is 5.69 Å². The van der Waals surface area contributed by atoms with Crippen LogP contribution < -0.4 is 10.1 Å². The predicted molar refractivity (Wildman–Crippen MR) is 110 cm³/mol. The Bertz CT molecular complexity index is 1160. The molecule has 0 saturated carbocycles. The molecule has 4 aromatic rings. The first-order chi connectivity index (χ1) is 13.5. The number of anilines is 1. The summed E-state index contributed by atoms with van der Waals surface area (Å²) in [5, 5.41) is 2.95. The molecule has 1 heterocycles. The molecule has 0 aliphatic heterocycles. The van der Waals surface area contributed by atoms with E-state index in [-0.39, 0.29) is 5.91 Å². The number of ether oxygens (including phenoxy) is 1. The number of aromatic nitrogens is 1. The molecule has 0 radical (unpaired) electrons. The van der Waals surface area contributed by atoms with Crippen molar-refractivity contribution in [2.75, 3.05) is 12.4 Å². The molecule has 4 rings (SSSR count). The highest BCUT2D eigenvalue weighted by Crippen LogP contribution is 2.28. The Labute approximate surface area is 163 Å². The Morgan fingerprint density at radius 2 is 1.79 bits per heavy atom. The lowest BCUT2D eigenvalue weighted by Gasteiger charge is -2.10. The molecule has 1 N–H and O–H groups in total. The Hall–Kier alpha value is -3.60. The fourth-order valence-corrected chi connectivity index (χ4v) is 3.03. The largest absolute Gasteiger partial charge is 0.497 e. The molecule has 0 aliphatic rings. The summed E-state index contributed by atoms with van der Waals surface area (Å²) in [6.45, 7) is 3.97. The van der Waals surface area contributed by atoms with Gasteiger partial charge in [-0.1, -0.05) is 6.07 Å². The van der Waals surface area contributed by atoms with Crippen molar-refractivity contribution in [3.8, 4) is 17.2 Å². The number of methoxy groups -OCH3 is 1. The Balaban J connectivity index is 1.57. The van der Waals surface area contributed by atoms with E-state index in [2.05, 4.69) is 10.3 Å². The van der Waals surface area contributed by atoms with Crippen LogP contribution in [0.5, 0.6) is 5.75 Å². The van der Waals surface area contributed by atoms with E-state index in [0.717, 1.165) is 33.5 Å². The summed E-state index contributed by atoms with van der Waals surface area (Å²) in [6, 6.07) is 18.6. The number of hydrogen-bond acceptors (Lipinski definition) is 4. The Morgan fingerprint density at radius 1 is 1.00 bits per heavy atom. The second-order valence-electron chi connectivity index (χ2n) is 6.70. The van der Waals surface area contributed by atoms with Gasteiger partial charge in [-0.3, -0.25) is 4.79 Å². The third kappa shape index (κ3) is 3.47. The van der Waals surface area contributed by atoms with Gasteiger partial charge in [0.1, 0.15) is 11.3 Å². The van der Waals surface area contributed by atoms with E-state index < -0.39 is 0 Å². The first kappa shape index (κ1) is 17.8. The first-order valence-electron chi connectivity index (χ1n) is 8.97. The van der Waals surface area contributed by atoms with E-state index >= 15 is 0 Å². The van der Waals surface area contributed by atoms with Crippen LogP contribution in [0.15, 0.2) is 65.1 Å². The zero-order valence-electron chi connectivity index (χ0n) is 15.9. The molecule has 1 amide bonds. The fraction of sp³-hybridized carbons (Fsp3) is 0.130. The van der Waals surface area contributed by atoms with Crippen LogP contribution in [-0.4, -0.2) is 18.0 Å². The van der Waals surface area contributed by atoms with Gasteiger partial charge in [0.15, 0.2) is 5.58 Å². The summed E-state index contributed by atoms with van der Waals surface area (Å²) in [6.07, 6.45) is 0. The molecule has 3 aromatic carbocycles. The number of nitrogens with zero attached hydrogens (tertiary/aromatic N) is 1. The molecule has 140 valence electrons. The van der Waals surface area contributed by atoms with Crippen molar-refractivity contribution in [3.63, 3.8) is 0 Å². The minimum absolute atomic E-state index is 0.171. The van der Waals surface area contributed by atoms with Crippen LogP contribution in [0.2, 0.25) is 0 Å². The highest BCUT2D eigenvalue weighted by atomic mass is 16.5. The van der Waals surface area contributed by atoms with Crippen LogP contribution in [-0.2, 0) is 0 Å². The van der Waals surface area contributed by atoms with Crippen molar-refractivity contribution < 1.29 is 13.9 Å². The van der Waals surface area contributed by atoms with Crippen LogP contribution >= 0.6 is 0 Å². The number of amides is 1. The molecule has 0 fully saturated rings. The minimum atomic E-state index is -0.171. The second kappa shape index (κ2) is 7.19. The van der Waals surface area contributed by atoms with Crippen molar-refractivity contribution >= 4 is 22.7 Å². The third-order valence-corrected chi connectivity index (χ3v) is 4.62. The molecule has 0 spiro atoms. The molecule has 5 nitrogen and oxygen atoms in total. The molecular formula is C23H20N2O3. The highest BCUT2D eigenvalue weighted by Gasteiger charge is 2.12. The minimum Gasteiger partial charge on any atom is -0.497 e. The van der Waals surface area contributed by atoms with E-state index in [0.29, 0.717) is 17.2 Å².